The molecule has 0 atom stereocenters. The van der Waals surface area contributed by atoms with Crippen molar-refractivity contribution in [3.63, 3.8) is 0 Å². The second-order valence-electron chi connectivity index (χ2n) is 9.61. The zero-order valence-corrected chi connectivity index (χ0v) is 20.1. The summed E-state index contributed by atoms with van der Waals surface area (Å²) in [5, 5.41) is 9.49. The molecular formula is C29H28N2O4. The molecule has 0 amide bonds. The molecule has 3 aromatic carbocycles. The number of aromatic carboxylic acids is 1. The summed E-state index contributed by atoms with van der Waals surface area (Å²) in [6.07, 6.45) is 1.80. The van der Waals surface area contributed by atoms with Gasteiger partial charge in [-0.15, -0.1) is 0 Å². The van der Waals surface area contributed by atoms with Gasteiger partial charge in [-0.3, -0.25) is 9.36 Å². The molecule has 0 radical (unpaired) electrons. The summed E-state index contributed by atoms with van der Waals surface area (Å²) >= 11 is 0. The second-order valence-corrected chi connectivity index (χ2v) is 9.61. The number of aromatic nitrogens is 2. The topological polar surface area (TPSA) is 81.3 Å². The molecule has 0 fully saturated rings. The highest BCUT2D eigenvalue weighted by Gasteiger charge is 2.25. The van der Waals surface area contributed by atoms with Crippen LogP contribution in [0.4, 0.5) is 0 Å². The van der Waals surface area contributed by atoms with E-state index in [1.54, 1.807) is 35.0 Å². The molecule has 1 heterocycles. The molecule has 0 unspecified atom stereocenters. The molecule has 0 aliphatic heterocycles. The summed E-state index contributed by atoms with van der Waals surface area (Å²) in [5.74, 6) is -1.25. The molecule has 178 valence electrons. The van der Waals surface area contributed by atoms with Gasteiger partial charge >= 0.3 is 11.7 Å². The monoisotopic (exact) mass is 468 g/mol. The van der Waals surface area contributed by atoms with Crippen LogP contribution in [-0.4, -0.2) is 26.1 Å². The van der Waals surface area contributed by atoms with E-state index in [1.807, 2.05) is 75.4 Å². The van der Waals surface area contributed by atoms with Crippen LogP contribution in [0.3, 0.4) is 0 Å². The minimum atomic E-state index is -0.979. The maximum absolute atomic E-state index is 13.3. The fraction of sp³-hybridized carbons (Fsp3) is 0.207. The molecule has 35 heavy (non-hydrogen) atoms. The van der Waals surface area contributed by atoms with Crippen LogP contribution < -0.4 is 5.69 Å². The molecule has 0 bridgehead atoms. The Morgan fingerprint density at radius 3 is 2.09 bits per heavy atom. The van der Waals surface area contributed by atoms with Crippen LogP contribution in [0.5, 0.6) is 0 Å². The highest BCUT2D eigenvalue weighted by molar-refractivity contribution is 5.96. The van der Waals surface area contributed by atoms with Gasteiger partial charge in [-0.05, 0) is 28.3 Å². The maximum Gasteiger partial charge on any atom is 0.336 e. The lowest BCUT2D eigenvalue weighted by molar-refractivity contribution is 0.0697. The van der Waals surface area contributed by atoms with Gasteiger partial charge in [0.25, 0.3) is 0 Å². The average Bonchev–Trinajstić information content (AvgIpc) is 3.17. The Kier molecular flexibility index (Phi) is 6.56. The van der Waals surface area contributed by atoms with Crippen molar-refractivity contribution in [3.05, 3.63) is 118 Å². The summed E-state index contributed by atoms with van der Waals surface area (Å²) in [6.45, 7) is 6.33. The van der Waals surface area contributed by atoms with Gasteiger partial charge in [0.1, 0.15) is 0 Å². The number of imidazole rings is 1. The van der Waals surface area contributed by atoms with Crippen LogP contribution in [0.25, 0.3) is 11.1 Å². The number of hydrogen-bond donors (Lipinski definition) is 1. The van der Waals surface area contributed by atoms with Crippen LogP contribution in [0.1, 0.15) is 52.7 Å². The first-order chi connectivity index (χ1) is 16.6. The number of rotatable bonds is 6. The first-order valence-corrected chi connectivity index (χ1v) is 11.5. The lowest BCUT2D eigenvalue weighted by atomic mass is 9.92. The first-order valence-electron chi connectivity index (χ1n) is 11.5. The summed E-state index contributed by atoms with van der Waals surface area (Å²) in [5.41, 5.74) is 3.44. The lowest BCUT2D eigenvalue weighted by Gasteiger charge is -2.20. The fourth-order valence-electron chi connectivity index (χ4n) is 4.16. The molecule has 6 heteroatoms. The number of nitrogens with zero attached hydrogens (tertiary/aromatic N) is 2. The Morgan fingerprint density at radius 1 is 0.829 bits per heavy atom. The van der Waals surface area contributed by atoms with E-state index in [0.717, 1.165) is 22.4 Å². The quantitative estimate of drug-likeness (QED) is 0.419. The van der Waals surface area contributed by atoms with E-state index in [4.69, 9.17) is 0 Å². The van der Waals surface area contributed by atoms with Gasteiger partial charge in [-0.25, -0.2) is 14.2 Å². The highest BCUT2D eigenvalue weighted by Crippen LogP contribution is 2.26. The Balaban J connectivity index is 1.66. The molecule has 0 spiro atoms. The average molecular weight is 469 g/mol. The summed E-state index contributed by atoms with van der Waals surface area (Å²) in [4.78, 5) is 37.9. The zero-order valence-electron chi connectivity index (χ0n) is 20.1. The number of benzene rings is 3. The number of hydrogen-bond acceptors (Lipinski definition) is 3. The standard InChI is InChI=1S/C29H28N2O4/c1-29(2,3)25-19-31(26(32)17-20-9-5-4-6-10-20)28(35)30(25)18-21-13-15-22(16-14-21)23-11-7-8-12-24(23)27(33)34/h4-16,19H,17-18H2,1-3H3,(H,33,34). The third kappa shape index (κ3) is 5.17. The molecule has 0 aliphatic carbocycles. The Morgan fingerprint density at radius 2 is 1.46 bits per heavy atom. The van der Waals surface area contributed by atoms with Crippen LogP contribution in [0.2, 0.25) is 0 Å². The van der Waals surface area contributed by atoms with E-state index >= 15 is 0 Å². The number of carboxylic acids is 1. The van der Waals surface area contributed by atoms with Crippen LogP contribution in [0.15, 0.2) is 89.9 Å². The molecule has 6 nitrogen and oxygen atoms in total. The van der Waals surface area contributed by atoms with E-state index in [2.05, 4.69) is 0 Å². The first kappa shape index (κ1) is 24.0. The van der Waals surface area contributed by atoms with Gasteiger partial charge in [-0.1, -0.05) is 93.6 Å². The Hall–Kier alpha value is -4.19. The van der Waals surface area contributed by atoms with Gasteiger partial charge in [0, 0.05) is 17.3 Å². The molecule has 0 aliphatic rings. The Labute approximate surface area is 204 Å². The van der Waals surface area contributed by atoms with Crippen molar-refractivity contribution in [3.8, 4) is 11.1 Å². The van der Waals surface area contributed by atoms with Crippen molar-refractivity contribution in [1.82, 2.24) is 9.13 Å². The lowest BCUT2D eigenvalue weighted by Crippen LogP contribution is -2.31. The molecule has 4 aromatic rings. The summed E-state index contributed by atoms with van der Waals surface area (Å²) in [6, 6.07) is 23.7. The Bertz CT molecular complexity index is 1420. The smallest absolute Gasteiger partial charge is 0.336 e. The van der Waals surface area contributed by atoms with Gasteiger partial charge in [0.2, 0.25) is 5.91 Å². The normalized spacial score (nSPS) is 11.4. The van der Waals surface area contributed by atoms with Crippen LogP contribution in [0, 0.1) is 0 Å². The van der Waals surface area contributed by atoms with Gasteiger partial charge in [-0.2, -0.15) is 0 Å². The van der Waals surface area contributed by atoms with E-state index in [1.165, 1.54) is 4.57 Å². The van der Waals surface area contributed by atoms with E-state index in [0.29, 0.717) is 12.1 Å². The third-order valence-corrected chi connectivity index (χ3v) is 5.98. The fourth-order valence-corrected chi connectivity index (χ4v) is 4.16. The van der Waals surface area contributed by atoms with Crippen molar-refractivity contribution in [2.45, 2.75) is 39.2 Å². The second kappa shape index (κ2) is 9.58. The molecule has 1 aromatic heterocycles. The number of carboxylic acid groups (broad SMARTS) is 1. The third-order valence-electron chi connectivity index (χ3n) is 5.98. The minimum absolute atomic E-state index is 0.145. The molecular weight excluding hydrogens is 440 g/mol. The molecule has 0 saturated carbocycles. The van der Waals surface area contributed by atoms with Crippen molar-refractivity contribution < 1.29 is 14.7 Å². The van der Waals surface area contributed by atoms with Crippen molar-refractivity contribution >= 4 is 11.9 Å². The molecule has 1 N–H and O–H groups in total. The van der Waals surface area contributed by atoms with Gasteiger partial charge in [0.15, 0.2) is 0 Å². The van der Waals surface area contributed by atoms with Crippen molar-refractivity contribution in [2.75, 3.05) is 0 Å². The van der Waals surface area contributed by atoms with E-state index in [9.17, 15) is 19.5 Å². The predicted octanol–water partition coefficient (Wildman–Crippen LogP) is 5.24. The number of carbonyl (C=O) groups excluding carboxylic acids is 1. The van der Waals surface area contributed by atoms with Crippen molar-refractivity contribution in [1.29, 1.82) is 0 Å². The highest BCUT2D eigenvalue weighted by atomic mass is 16.4. The van der Waals surface area contributed by atoms with Crippen LogP contribution >= 0.6 is 0 Å². The zero-order chi connectivity index (χ0) is 25.2. The maximum atomic E-state index is 13.3. The molecule has 4 rings (SSSR count). The minimum Gasteiger partial charge on any atom is -0.478 e. The summed E-state index contributed by atoms with van der Waals surface area (Å²) < 4.78 is 2.86. The predicted molar refractivity (Wildman–Crippen MR) is 136 cm³/mol. The van der Waals surface area contributed by atoms with Gasteiger partial charge in [0.05, 0.1) is 18.5 Å². The van der Waals surface area contributed by atoms with E-state index in [-0.39, 0.29) is 29.0 Å². The SMILES string of the molecule is CC(C)(C)c1cn(C(=O)Cc2ccccc2)c(=O)n1Cc1ccc(-c2ccccc2C(=O)O)cc1. The van der Waals surface area contributed by atoms with Gasteiger partial charge < -0.3 is 5.11 Å². The number of carbonyl (C=O) groups is 2. The summed E-state index contributed by atoms with van der Waals surface area (Å²) in [7, 11) is 0. The molecule has 0 saturated heterocycles. The van der Waals surface area contributed by atoms with Crippen molar-refractivity contribution in [2.24, 2.45) is 0 Å². The van der Waals surface area contributed by atoms with Crippen LogP contribution in [-0.2, 0) is 18.4 Å². The largest absolute Gasteiger partial charge is 0.478 e. The van der Waals surface area contributed by atoms with E-state index < -0.39 is 5.97 Å².